The van der Waals surface area contributed by atoms with E-state index in [2.05, 4.69) is 58.5 Å². The number of ether oxygens (including phenoxy) is 1. The minimum atomic E-state index is -0.182. The molecule has 5 nitrogen and oxygen atoms in total. The van der Waals surface area contributed by atoms with Crippen LogP contribution in [0.3, 0.4) is 0 Å². The first-order valence-corrected chi connectivity index (χ1v) is 12.5. The Kier molecular flexibility index (Phi) is 5.86. The third kappa shape index (κ3) is 4.25. The maximum Gasteiger partial charge on any atom is 0.0674 e. The fourth-order valence-electron chi connectivity index (χ4n) is 6.02. The van der Waals surface area contributed by atoms with Crippen LogP contribution in [0, 0.1) is 0 Å². The largest absolute Gasteiger partial charge is 0.379 e. The van der Waals surface area contributed by atoms with Crippen molar-refractivity contribution in [3.63, 3.8) is 0 Å². The van der Waals surface area contributed by atoms with Gasteiger partial charge in [-0.1, -0.05) is 48.5 Å². The Morgan fingerprint density at radius 3 is 1.49 bits per heavy atom. The lowest BCUT2D eigenvalue weighted by molar-refractivity contribution is 0.0320. The predicted molar refractivity (Wildman–Crippen MR) is 135 cm³/mol. The molecule has 0 radical (unpaired) electrons. The van der Waals surface area contributed by atoms with Crippen molar-refractivity contribution >= 4 is 0 Å². The molecule has 2 aromatic heterocycles. The minimum Gasteiger partial charge on any atom is -0.379 e. The van der Waals surface area contributed by atoms with Crippen molar-refractivity contribution in [2.45, 2.75) is 49.4 Å². The van der Waals surface area contributed by atoms with Gasteiger partial charge in [-0.2, -0.15) is 0 Å². The molecule has 2 unspecified atom stereocenters. The molecule has 0 aliphatic heterocycles. The van der Waals surface area contributed by atoms with Gasteiger partial charge in [-0.3, -0.25) is 19.9 Å². The van der Waals surface area contributed by atoms with Crippen LogP contribution in [-0.4, -0.2) is 33.1 Å². The number of hydrogen-bond donors (Lipinski definition) is 0. The van der Waals surface area contributed by atoms with E-state index < -0.39 is 0 Å². The lowest BCUT2D eigenvalue weighted by atomic mass is 9.69. The van der Waals surface area contributed by atoms with E-state index in [1.165, 1.54) is 22.3 Å². The van der Waals surface area contributed by atoms with Gasteiger partial charge < -0.3 is 4.74 Å². The average Bonchev–Trinajstić information content (AvgIpc) is 2.94. The molecule has 2 atom stereocenters. The highest BCUT2D eigenvalue weighted by Crippen LogP contribution is 2.41. The van der Waals surface area contributed by atoms with E-state index in [0.717, 1.165) is 49.9 Å². The number of aryl methyl sites for hydroxylation is 2. The van der Waals surface area contributed by atoms with Crippen LogP contribution in [0.1, 0.15) is 46.5 Å². The molecule has 0 saturated heterocycles. The Morgan fingerprint density at radius 1 is 0.600 bits per heavy atom. The Balaban J connectivity index is 1.29. The van der Waals surface area contributed by atoms with Crippen LogP contribution < -0.4 is 0 Å². The van der Waals surface area contributed by atoms with Crippen molar-refractivity contribution in [2.24, 2.45) is 0 Å². The van der Waals surface area contributed by atoms with Gasteiger partial charge in [0.25, 0.3) is 0 Å². The number of rotatable bonds is 6. The van der Waals surface area contributed by atoms with Crippen molar-refractivity contribution in [1.29, 1.82) is 0 Å². The predicted octanol–water partition coefficient (Wildman–Crippen LogP) is 4.84. The van der Waals surface area contributed by atoms with Crippen LogP contribution in [0.2, 0.25) is 0 Å². The third-order valence-corrected chi connectivity index (χ3v) is 8.01. The van der Waals surface area contributed by atoms with Gasteiger partial charge in [0.2, 0.25) is 0 Å². The number of aromatic nitrogens is 4. The number of nitrogens with zero attached hydrogens (tertiary/aromatic N) is 4. The van der Waals surface area contributed by atoms with E-state index in [1.807, 2.05) is 12.4 Å². The third-order valence-electron chi connectivity index (χ3n) is 8.01. The van der Waals surface area contributed by atoms with E-state index in [4.69, 9.17) is 14.7 Å². The van der Waals surface area contributed by atoms with Gasteiger partial charge in [0.15, 0.2) is 0 Å². The van der Waals surface area contributed by atoms with Crippen LogP contribution in [0.5, 0.6) is 0 Å². The average molecular weight is 463 g/mol. The lowest BCUT2D eigenvalue weighted by Gasteiger charge is -2.41. The van der Waals surface area contributed by atoms with Crippen molar-refractivity contribution < 1.29 is 4.74 Å². The quantitative estimate of drug-likeness (QED) is 0.410. The second kappa shape index (κ2) is 9.31. The number of fused-ring (bicyclic) bond motifs is 2. The van der Waals surface area contributed by atoms with Gasteiger partial charge in [-0.15, -0.1) is 0 Å². The number of benzene rings is 2. The van der Waals surface area contributed by atoms with Gasteiger partial charge in [-0.05, 0) is 60.8 Å². The molecule has 0 bridgehead atoms. The monoisotopic (exact) mass is 462 g/mol. The second-order valence-electron chi connectivity index (χ2n) is 10.1. The summed E-state index contributed by atoms with van der Waals surface area (Å²) in [5.41, 5.74) is 7.34. The SMILES string of the molecule is c1ccc2c(c1)CCC(COCC1(c3cnccn3)CCc3ccccc3C1)(c1cnccn1)C2. The van der Waals surface area contributed by atoms with Gasteiger partial charge >= 0.3 is 0 Å². The Bertz CT molecular complexity index is 1200. The zero-order valence-corrected chi connectivity index (χ0v) is 19.9. The second-order valence-corrected chi connectivity index (χ2v) is 10.1. The molecule has 5 heteroatoms. The standard InChI is InChI=1S/C30H30N4O/c1-3-7-25-17-29(11-9-23(25)5-1,27-19-31-13-15-33-27)21-35-22-30(28-20-32-14-16-34-28)12-10-24-6-2-4-8-26(24)18-30/h1-8,13-16,19-20H,9-12,17-18,21-22H2. The molecular formula is C30H30N4O. The lowest BCUT2D eigenvalue weighted by Crippen LogP contribution is -2.43. The van der Waals surface area contributed by atoms with E-state index >= 15 is 0 Å². The normalized spacial score (nSPS) is 23.3. The minimum absolute atomic E-state index is 0.182. The van der Waals surface area contributed by atoms with Crippen LogP contribution in [0.4, 0.5) is 0 Å². The van der Waals surface area contributed by atoms with E-state index in [-0.39, 0.29) is 10.8 Å². The molecule has 0 spiro atoms. The summed E-state index contributed by atoms with van der Waals surface area (Å²) in [6.45, 7) is 1.23. The fraction of sp³-hybridized carbons (Fsp3) is 0.333. The first-order valence-electron chi connectivity index (χ1n) is 12.5. The van der Waals surface area contributed by atoms with Crippen LogP contribution in [0.15, 0.2) is 85.7 Å². The highest BCUT2D eigenvalue weighted by atomic mass is 16.5. The summed E-state index contributed by atoms with van der Waals surface area (Å²) >= 11 is 0. The summed E-state index contributed by atoms with van der Waals surface area (Å²) in [4.78, 5) is 18.3. The summed E-state index contributed by atoms with van der Waals surface area (Å²) in [6.07, 6.45) is 16.8. The molecule has 2 aliphatic carbocycles. The first kappa shape index (κ1) is 22.1. The summed E-state index contributed by atoms with van der Waals surface area (Å²) in [6, 6.07) is 17.5. The summed E-state index contributed by atoms with van der Waals surface area (Å²) in [7, 11) is 0. The van der Waals surface area contributed by atoms with Crippen LogP contribution >= 0.6 is 0 Å². The molecule has 0 fully saturated rings. The Hall–Kier alpha value is -3.44. The molecule has 0 saturated carbocycles. The zero-order chi connectivity index (χ0) is 23.6. The maximum atomic E-state index is 6.72. The topological polar surface area (TPSA) is 60.8 Å². The Morgan fingerprint density at radius 2 is 1.06 bits per heavy atom. The van der Waals surface area contributed by atoms with Crippen LogP contribution in [-0.2, 0) is 41.3 Å². The summed E-state index contributed by atoms with van der Waals surface area (Å²) < 4.78 is 6.72. The van der Waals surface area contributed by atoms with Gasteiger partial charge in [0.1, 0.15) is 0 Å². The smallest absolute Gasteiger partial charge is 0.0674 e. The molecule has 2 heterocycles. The molecule has 176 valence electrons. The van der Waals surface area contributed by atoms with Gasteiger partial charge in [0, 0.05) is 48.0 Å². The van der Waals surface area contributed by atoms with Crippen molar-refractivity contribution in [1.82, 2.24) is 19.9 Å². The highest BCUT2D eigenvalue weighted by molar-refractivity contribution is 5.36. The highest BCUT2D eigenvalue weighted by Gasteiger charge is 2.41. The van der Waals surface area contributed by atoms with Crippen molar-refractivity contribution in [3.05, 3.63) is 119 Å². The first-order chi connectivity index (χ1) is 17.3. The van der Waals surface area contributed by atoms with E-state index in [9.17, 15) is 0 Å². The van der Waals surface area contributed by atoms with Crippen molar-refractivity contribution in [2.75, 3.05) is 13.2 Å². The summed E-state index contributed by atoms with van der Waals surface area (Å²) in [5, 5.41) is 0. The van der Waals surface area contributed by atoms with Gasteiger partial charge in [0.05, 0.1) is 24.6 Å². The zero-order valence-electron chi connectivity index (χ0n) is 19.9. The summed E-state index contributed by atoms with van der Waals surface area (Å²) in [5.74, 6) is 0. The number of hydrogen-bond acceptors (Lipinski definition) is 5. The molecule has 0 amide bonds. The maximum absolute atomic E-state index is 6.72. The molecule has 6 rings (SSSR count). The molecule has 2 aliphatic rings. The fourth-order valence-corrected chi connectivity index (χ4v) is 6.02. The van der Waals surface area contributed by atoms with Crippen LogP contribution in [0.25, 0.3) is 0 Å². The molecular weight excluding hydrogens is 432 g/mol. The molecule has 4 aromatic rings. The van der Waals surface area contributed by atoms with Gasteiger partial charge in [-0.25, -0.2) is 0 Å². The molecule has 0 N–H and O–H groups in total. The van der Waals surface area contributed by atoms with E-state index in [0.29, 0.717) is 13.2 Å². The molecule has 2 aromatic carbocycles. The Labute approximate surface area is 206 Å². The molecule has 35 heavy (non-hydrogen) atoms. The van der Waals surface area contributed by atoms with E-state index in [1.54, 1.807) is 24.8 Å². The van der Waals surface area contributed by atoms with Crippen molar-refractivity contribution in [3.8, 4) is 0 Å².